The second kappa shape index (κ2) is 14.8. The lowest BCUT2D eigenvalue weighted by Gasteiger charge is -2.46. The van der Waals surface area contributed by atoms with E-state index in [0.717, 1.165) is 62.2 Å². The van der Waals surface area contributed by atoms with Gasteiger partial charge in [-0.3, -0.25) is 14.6 Å². The van der Waals surface area contributed by atoms with Crippen molar-refractivity contribution in [2.24, 2.45) is 16.2 Å². The Morgan fingerprint density at radius 3 is 2.84 bits per heavy atom. The van der Waals surface area contributed by atoms with Gasteiger partial charge in [-0.25, -0.2) is 4.21 Å². The maximum absolute atomic E-state index is 14.4. The molecule has 2 aliphatic carbocycles. The molecular weight excluding hydrogens is 647 g/mol. The van der Waals surface area contributed by atoms with Gasteiger partial charge in [0, 0.05) is 55.7 Å². The van der Waals surface area contributed by atoms with Crippen molar-refractivity contribution in [3.8, 4) is 5.75 Å². The van der Waals surface area contributed by atoms with Gasteiger partial charge in [-0.05, 0) is 111 Å². The number of methoxy groups -OCH3 is 1. The second-order valence-corrected chi connectivity index (χ2v) is 17.3. The zero-order chi connectivity index (χ0) is 34.7. The topological polar surface area (TPSA) is 98.2 Å². The summed E-state index contributed by atoms with van der Waals surface area (Å²) in [4.78, 5) is 33.7. The number of pyridine rings is 1. The highest BCUT2D eigenvalue weighted by atomic mass is 32.2. The van der Waals surface area contributed by atoms with Crippen LogP contribution in [-0.2, 0) is 37.5 Å². The number of rotatable bonds is 6. The number of aromatic nitrogens is 1. The highest BCUT2D eigenvalue weighted by Crippen LogP contribution is 2.47. The van der Waals surface area contributed by atoms with Crippen molar-refractivity contribution in [1.82, 2.24) is 4.98 Å². The number of hydrogen-bond acceptors (Lipinski definition) is 7. The maximum Gasteiger partial charge on any atom is 0.285 e. The van der Waals surface area contributed by atoms with Crippen molar-refractivity contribution in [1.29, 1.82) is 0 Å². The highest BCUT2D eigenvalue weighted by molar-refractivity contribution is 7.94. The number of nitrogens with zero attached hydrogens (tertiary/aromatic N) is 3. The first-order valence-electron chi connectivity index (χ1n) is 18.2. The summed E-state index contributed by atoms with van der Waals surface area (Å²) in [6, 6.07) is 16.1. The number of fused-ring (bicyclic) bond motifs is 4. The zero-order valence-corrected chi connectivity index (χ0v) is 30.2. The molecule has 1 aromatic heterocycles. The summed E-state index contributed by atoms with van der Waals surface area (Å²) < 4.78 is 31.5. The summed E-state index contributed by atoms with van der Waals surface area (Å²) in [6.07, 6.45) is 15.1. The second-order valence-electron chi connectivity index (χ2n) is 14.8. The number of ketones is 1. The monoisotopic (exact) mass is 695 g/mol. The van der Waals surface area contributed by atoms with Gasteiger partial charge in [-0.15, -0.1) is 0 Å². The molecular formula is C41H49N3O5S. The largest absolute Gasteiger partial charge is 0.490 e. The number of ether oxygens (including phenoxy) is 2. The molecule has 5 atom stereocenters. The number of amides is 1. The number of carbonyl (C=O) groups is 2. The minimum Gasteiger partial charge on any atom is -0.490 e. The number of benzene rings is 2. The number of carbonyl (C=O) groups excluding carboxylic acids is 2. The molecule has 3 aromatic rings. The Morgan fingerprint density at radius 2 is 2.04 bits per heavy atom. The van der Waals surface area contributed by atoms with Crippen LogP contribution in [0.15, 0.2) is 77.4 Å². The molecule has 2 aliphatic heterocycles. The third-order valence-corrected chi connectivity index (χ3v) is 13.5. The molecule has 1 fully saturated rings. The molecule has 4 aliphatic rings. The molecule has 50 heavy (non-hydrogen) atoms. The molecule has 2 aromatic carbocycles. The summed E-state index contributed by atoms with van der Waals surface area (Å²) in [7, 11) is -1.36. The van der Waals surface area contributed by atoms with Crippen LogP contribution in [0.5, 0.6) is 5.75 Å². The molecule has 0 N–H and O–H groups in total. The van der Waals surface area contributed by atoms with E-state index in [1.807, 2.05) is 24.3 Å². The molecule has 264 valence electrons. The zero-order valence-electron chi connectivity index (χ0n) is 29.4. The van der Waals surface area contributed by atoms with Gasteiger partial charge in [0.05, 0.1) is 33.9 Å². The summed E-state index contributed by atoms with van der Waals surface area (Å²) in [6.45, 7) is 4.33. The van der Waals surface area contributed by atoms with Crippen molar-refractivity contribution < 1.29 is 23.3 Å². The third kappa shape index (κ3) is 7.45. The number of anilines is 1. The van der Waals surface area contributed by atoms with Crippen LogP contribution in [0, 0.1) is 18.8 Å². The lowest BCUT2D eigenvalue weighted by molar-refractivity contribution is -0.116. The minimum absolute atomic E-state index is 0.00675. The third-order valence-electron chi connectivity index (χ3n) is 11.3. The van der Waals surface area contributed by atoms with Crippen LogP contribution in [-0.4, -0.2) is 65.3 Å². The summed E-state index contributed by atoms with van der Waals surface area (Å²) >= 11 is 0. The fraction of sp³-hybridized carbons (Fsp3) is 0.488. The Balaban J connectivity index is 1.24. The average Bonchev–Trinajstić information content (AvgIpc) is 3.25. The summed E-state index contributed by atoms with van der Waals surface area (Å²) in [5.41, 5.74) is 6.07. The van der Waals surface area contributed by atoms with E-state index in [1.165, 1.54) is 16.7 Å². The van der Waals surface area contributed by atoms with E-state index in [4.69, 9.17) is 9.47 Å². The van der Waals surface area contributed by atoms with Crippen LogP contribution in [0.25, 0.3) is 0 Å². The van der Waals surface area contributed by atoms with Gasteiger partial charge < -0.3 is 14.4 Å². The van der Waals surface area contributed by atoms with Gasteiger partial charge in [0.15, 0.2) is 0 Å². The number of hydrogen-bond donors (Lipinski definition) is 0. The lowest BCUT2D eigenvalue weighted by atomic mass is 9.68. The SMILES string of the molecule is CO[C@H]1/C=C/CCC[S@@](=O)(CC(=O)CCc2cccnc2)=NC(=O)c2ccc3c(c2)N(C[C@@H]2CC[C@H]21)C[C@@]1(CCCc2cc(C)ccc21)CO3. The maximum atomic E-state index is 14.4. The Morgan fingerprint density at radius 1 is 1.14 bits per heavy atom. The Hall–Kier alpha value is -3.82. The lowest BCUT2D eigenvalue weighted by Crippen LogP contribution is -2.49. The van der Waals surface area contributed by atoms with Crippen LogP contribution in [0.4, 0.5) is 5.69 Å². The van der Waals surface area contributed by atoms with Gasteiger partial charge in [-0.1, -0.05) is 42.0 Å². The van der Waals surface area contributed by atoms with E-state index in [0.29, 0.717) is 43.3 Å². The van der Waals surface area contributed by atoms with E-state index in [1.54, 1.807) is 25.6 Å². The molecule has 1 spiro atoms. The highest BCUT2D eigenvalue weighted by Gasteiger charge is 2.44. The standard InChI is InChI=1S/C41H49N3O5S/c1-29-11-17-36-31(22-29)9-6-19-41(36)27-44-25-33-13-16-35(33)38(48-2)10-4-3-5-21-50(47,26-34(45)15-12-30-8-7-20-42-24-30)43-40(46)32-14-18-39(49-28-41)37(44)23-32/h4,7-8,10-11,14,17-18,20,22-24,33,35,38H,3,5-6,9,12-13,15-16,19,21,25-28H2,1-2H3/b10-4+/t33-,35+,38-,41-,50+/m0/s1. The Bertz CT molecular complexity index is 1880. The van der Waals surface area contributed by atoms with Crippen molar-refractivity contribution in [2.45, 2.75) is 76.2 Å². The van der Waals surface area contributed by atoms with E-state index >= 15 is 0 Å². The fourth-order valence-electron chi connectivity index (χ4n) is 8.50. The molecule has 8 nitrogen and oxygen atoms in total. The number of Topliss-reactive ketones (excluding diaryl/α,β-unsaturated/α-hetero) is 1. The van der Waals surface area contributed by atoms with Crippen LogP contribution < -0.4 is 9.64 Å². The van der Waals surface area contributed by atoms with Crippen LogP contribution in [0.1, 0.15) is 77.6 Å². The van der Waals surface area contributed by atoms with Crippen molar-refractivity contribution in [3.63, 3.8) is 0 Å². The minimum atomic E-state index is -3.15. The molecule has 2 bridgehead atoms. The van der Waals surface area contributed by atoms with Gasteiger partial charge in [0.25, 0.3) is 5.91 Å². The fourth-order valence-corrected chi connectivity index (χ4v) is 10.5. The van der Waals surface area contributed by atoms with Crippen molar-refractivity contribution in [3.05, 3.63) is 101 Å². The van der Waals surface area contributed by atoms with E-state index in [-0.39, 0.29) is 35.2 Å². The summed E-state index contributed by atoms with van der Waals surface area (Å²) in [5, 5.41) is 0. The van der Waals surface area contributed by atoms with Crippen LogP contribution in [0.3, 0.4) is 0 Å². The molecule has 0 radical (unpaired) electrons. The normalized spacial score (nSPS) is 28.6. The molecule has 3 heterocycles. The van der Waals surface area contributed by atoms with Crippen LogP contribution in [0.2, 0.25) is 0 Å². The quantitative estimate of drug-likeness (QED) is 0.255. The van der Waals surface area contributed by atoms with Crippen molar-refractivity contribution >= 4 is 27.1 Å². The van der Waals surface area contributed by atoms with Gasteiger partial charge in [0.2, 0.25) is 0 Å². The molecule has 7 rings (SSSR count). The van der Waals surface area contributed by atoms with Crippen LogP contribution >= 0.6 is 0 Å². The Labute approximate surface area is 296 Å². The first-order chi connectivity index (χ1) is 24.2. The Kier molecular flexibility index (Phi) is 10.3. The molecule has 1 saturated carbocycles. The van der Waals surface area contributed by atoms with E-state index < -0.39 is 15.6 Å². The number of aryl methyl sites for hydroxylation is 3. The first-order valence-corrected chi connectivity index (χ1v) is 20.1. The molecule has 9 heteroatoms. The summed E-state index contributed by atoms with van der Waals surface area (Å²) in [5.74, 6) is 0.799. The van der Waals surface area contributed by atoms with Gasteiger partial charge >= 0.3 is 0 Å². The molecule has 1 amide bonds. The van der Waals surface area contributed by atoms with Gasteiger partial charge in [-0.2, -0.15) is 4.36 Å². The van der Waals surface area contributed by atoms with E-state index in [9.17, 15) is 13.8 Å². The molecule has 0 saturated heterocycles. The van der Waals surface area contributed by atoms with Gasteiger partial charge in [0.1, 0.15) is 11.5 Å². The van der Waals surface area contributed by atoms with E-state index in [2.05, 4.69) is 51.5 Å². The number of allylic oxidation sites excluding steroid dienone is 1. The first kappa shape index (κ1) is 34.6. The average molecular weight is 696 g/mol. The smallest absolute Gasteiger partial charge is 0.285 e. The van der Waals surface area contributed by atoms with Crippen molar-refractivity contribution in [2.75, 3.05) is 43.2 Å². The molecule has 0 unspecified atom stereocenters. The predicted molar refractivity (Wildman–Crippen MR) is 198 cm³/mol. The predicted octanol–water partition coefficient (Wildman–Crippen LogP) is 7.06.